The van der Waals surface area contributed by atoms with Crippen LogP contribution in [0.5, 0.6) is 0 Å². The Hall–Kier alpha value is -1.40. The van der Waals surface area contributed by atoms with Crippen molar-refractivity contribution in [2.24, 2.45) is 0 Å². The van der Waals surface area contributed by atoms with Gasteiger partial charge in [0, 0.05) is 24.9 Å². The third-order valence-electron chi connectivity index (χ3n) is 3.59. The number of nitrogens with zero attached hydrogens (tertiary/aromatic N) is 1. The summed E-state index contributed by atoms with van der Waals surface area (Å²) >= 11 is 0. The maximum absolute atomic E-state index is 12.4. The molecule has 0 saturated carbocycles. The quantitative estimate of drug-likeness (QED) is 0.911. The van der Waals surface area contributed by atoms with E-state index in [9.17, 15) is 18.3 Å². The molecule has 1 N–H and O–H groups in total. The van der Waals surface area contributed by atoms with Crippen LogP contribution in [0, 0.1) is 0 Å². The Bertz CT molecular complexity index is 620. The molecule has 1 atom stereocenters. The van der Waals surface area contributed by atoms with E-state index < -0.39 is 15.4 Å². The summed E-state index contributed by atoms with van der Waals surface area (Å²) in [6.45, 7) is 2.71. The van der Waals surface area contributed by atoms with Crippen LogP contribution in [0.15, 0.2) is 24.3 Å². The number of likely N-dealkylation sites (tertiary alicyclic amines) is 1. The van der Waals surface area contributed by atoms with Gasteiger partial charge in [0.2, 0.25) is 0 Å². The number of benzene rings is 1. The van der Waals surface area contributed by atoms with Crippen LogP contribution in [0.3, 0.4) is 0 Å². The van der Waals surface area contributed by atoms with Crippen molar-refractivity contribution >= 4 is 15.7 Å². The normalized spacial score (nSPS) is 23.1. The first-order valence-electron chi connectivity index (χ1n) is 6.95. The molecule has 116 valence electrons. The van der Waals surface area contributed by atoms with E-state index in [1.165, 1.54) is 6.26 Å². The first-order chi connectivity index (χ1) is 9.66. The Labute approximate surface area is 125 Å². The number of sulfone groups is 1. The van der Waals surface area contributed by atoms with E-state index in [4.69, 9.17) is 0 Å². The third-order valence-corrected chi connectivity index (χ3v) is 4.45. The van der Waals surface area contributed by atoms with Crippen LogP contribution in [-0.2, 0) is 15.6 Å². The molecule has 0 spiro atoms. The number of carbonyl (C=O) groups excluding carboxylic acids is 1. The molecule has 6 heteroatoms. The predicted molar refractivity (Wildman–Crippen MR) is 80.8 cm³/mol. The van der Waals surface area contributed by atoms with E-state index in [0.29, 0.717) is 30.6 Å². The van der Waals surface area contributed by atoms with Gasteiger partial charge in [-0.15, -0.1) is 0 Å². The van der Waals surface area contributed by atoms with Crippen molar-refractivity contribution < 1.29 is 18.3 Å². The Morgan fingerprint density at radius 3 is 2.48 bits per heavy atom. The van der Waals surface area contributed by atoms with Gasteiger partial charge in [-0.2, -0.15) is 0 Å². The fourth-order valence-electron chi connectivity index (χ4n) is 2.62. The molecule has 21 heavy (non-hydrogen) atoms. The van der Waals surface area contributed by atoms with Crippen molar-refractivity contribution in [1.82, 2.24) is 4.90 Å². The lowest BCUT2D eigenvalue weighted by Crippen LogP contribution is -2.48. The van der Waals surface area contributed by atoms with E-state index in [1.54, 1.807) is 36.1 Å². The van der Waals surface area contributed by atoms with Gasteiger partial charge < -0.3 is 10.0 Å². The van der Waals surface area contributed by atoms with Crippen LogP contribution in [0.4, 0.5) is 0 Å². The van der Waals surface area contributed by atoms with Crippen LogP contribution in [-0.4, -0.2) is 49.3 Å². The van der Waals surface area contributed by atoms with Crippen molar-refractivity contribution in [1.29, 1.82) is 0 Å². The smallest absolute Gasteiger partial charge is 0.253 e. The minimum absolute atomic E-state index is 0.0279. The summed E-state index contributed by atoms with van der Waals surface area (Å²) in [5, 5.41) is 10.1. The summed E-state index contributed by atoms with van der Waals surface area (Å²) in [6, 6.07) is 6.62. The van der Waals surface area contributed by atoms with Crippen LogP contribution < -0.4 is 0 Å². The zero-order chi connectivity index (χ0) is 15.7. The van der Waals surface area contributed by atoms with Gasteiger partial charge in [-0.25, -0.2) is 8.42 Å². The number of aliphatic hydroxyl groups is 1. The van der Waals surface area contributed by atoms with Gasteiger partial charge in [0.1, 0.15) is 0 Å². The molecular formula is C15H21NO4S. The Balaban J connectivity index is 2.09. The summed E-state index contributed by atoms with van der Waals surface area (Å²) in [6.07, 6.45) is 2.66. The number of β-amino-alcohol motifs (C(OH)–C–C–N with tert-alkyl or cyclic N) is 1. The number of hydrogen-bond acceptors (Lipinski definition) is 4. The van der Waals surface area contributed by atoms with Crippen LogP contribution in [0.25, 0.3) is 0 Å². The molecule has 1 aromatic rings. The monoisotopic (exact) mass is 311 g/mol. The van der Waals surface area contributed by atoms with Crippen molar-refractivity contribution in [3.05, 3.63) is 35.4 Å². The largest absolute Gasteiger partial charge is 0.388 e. The lowest BCUT2D eigenvalue weighted by Gasteiger charge is -2.36. The lowest BCUT2D eigenvalue weighted by atomic mass is 9.94. The summed E-state index contributed by atoms with van der Waals surface area (Å²) in [5.74, 6) is -0.152. The molecule has 1 amide bonds. The summed E-state index contributed by atoms with van der Waals surface area (Å²) in [4.78, 5) is 14.0. The Morgan fingerprint density at radius 2 is 1.95 bits per heavy atom. The second kappa shape index (κ2) is 5.77. The second-order valence-electron chi connectivity index (χ2n) is 6.09. The number of carbonyl (C=O) groups is 1. The molecule has 0 aromatic heterocycles. The molecule has 1 aliphatic rings. The van der Waals surface area contributed by atoms with Gasteiger partial charge in [0.05, 0.1) is 11.4 Å². The van der Waals surface area contributed by atoms with Crippen molar-refractivity contribution in [3.63, 3.8) is 0 Å². The van der Waals surface area contributed by atoms with Gasteiger partial charge in [0.25, 0.3) is 5.91 Å². The fourth-order valence-corrected chi connectivity index (χ4v) is 3.42. The number of hydrogen-bond donors (Lipinski definition) is 1. The lowest BCUT2D eigenvalue weighted by molar-refractivity contribution is -0.0107. The Kier molecular flexibility index (Phi) is 4.39. The molecule has 2 rings (SSSR count). The molecule has 1 unspecified atom stereocenters. The first kappa shape index (κ1) is 16.0. The van der Waals surface area contributed by atoms with E-state index in [1.807, 2.05) is 0 Å². The minimum Gasteiger partial charge on any atom is -0.388 e. The molecule has 1 heterocycles. The zero-order valence-electron chi connectivity index (χ0n) is 12.4. The van der Waals surface area contributed by atoms with E-state index in [0.717, 1.165) is 6.42 Å². The summed E-state index contributed by atoms with van der Waals surface area (Å²) in [5.41, 5.74) is 0.356. The van der Waals surface area contributed by atoms with E-state index >= 15 is 0 Å². The topological polar surface area (TPSA) is 74.7 Å². The highest BCUT2D eigenvalue weighted by atomic mass is 32.2. The molecule has 0 aliphatic carbocycles. The average Bonchev–Trinajstić information content (AvgIpc) is 2.36. The third kappa shape index (κ3) is 4.54. The van der Waals surface area contributed by atoms with Crippen molar-refractivity contribution in [2.75, 3.05) is 19.3 Å². The van der Waals surface area contributed by atoms with Crippen molar-refractivity contribution in [2.45, 2.75) is 31.1 Å². The van der Waals surface area contributed by atoms with Gasteiger partial charge in [-0.1, -0.05) is 12.1 Å². The molecule has 1 aliphatic heterocycles. The van der Waals surface area contributed by atoms with E-state index in [-0.39, 0.29) is 11.7 Å². The van der Waals surface area contributed by atoms with E-state index in [2.05, 4.69) is 0 Å². The second-order valence-corrected chi connectivity index (χ2v) is 8.23. The first-order valence-corrected chi connectivity index (χ1v) is 9.01. The van der Waals surface area contributed by atoms with Gasteiger partial charge >= 0.3 is 0 Å². The highest BCUT2D eigenvalue weighted by molar-refractivity contribution is 7.89. The standard InChI is InChI=1S/C15H21NO4S/c1-15(18)8-3-9-16(11-15)14(17)13-6-4-12(5-7-13)10-21(2,19)20/h4-7,18H,3,8-11H2,1-2H3. The molecule has 0 bridgehead atoms. The minimum atomic E-state index is -3.07. The molecular weight excluding hydrogens is 290 g/mol. The maximum Gasteiger partial charge on any atom is 0.253 e. The zero-order valence-corrected chi connectivity index (χ0v) is 13.2. The molecule has 1 fully saturated rings. The number of piperidine rings is 1. The average molecular weight is 311 g/mol. The summed E-state index contributed by atoms with van der Waals surface area (Å²) in [7, 11) is -3.07. The van der Waals surface area contributed by atoms with Crippen LogP contribution in [0.1, 0.15) is 35.7 Å². The maximum atomic E-state index is 12.4. The molecule has 1 aromatic carbocycles. The fraction of sp³-hybridized carbons (Fsp3) is 0.533. The summed E-state index contributed by atoms with van der Waals surface area (Å²) < 4.78 is 22.5. The predicted octanol–water partition coefficient (Wildman–Crippen LogP) is 1.22. The van der Waals surface area contributed by atoms with Crippen molar-refractivity contribution in [3.8, 4) is 0 Å². The number of amides is 1. The van der Waals surface area contributed by atoms with Gasteiger partial charge in [-0.05, 0) is 37.5 Å². The highest BCUT2D eigenvalue weighted by Crippen LogP contribution is 2.22. The van der Waals surface area contributed by atoms with Gasteiger partial charge in [-0.3, -0.25) is 4.79 Å². The SMILES string of the molecule is CC1(O)CCCN(C(=O)c2ccc(CS(C)(=O)=O)cc2)C1. The molecule has 0 radical (unpaired) electrons. The van der Waals surface area contributed by atoms with Crippen LogP contribution in [0.2, 0.25) is 0 Å². The Morgan fingerprint density at radius 1 is 1.33 bits per heavy atom. The molecule has 1 saturated heterocycles. The molecule has 5 nitrogen and oxygen atoms in total. The highest BCUT2D eigenvalue weighted by Gasteiger charge is 2.31. The number of rotatable bonds is 3. The van der Waals surface area contributed by atoms with Gasteiger partial charge in [0.15, 0.2) is 9.84 Å². The van der Waals surface area contributed by atoms with Crippen LogP contribution >= 0.6 is 0 Å².